The van der Waals surface area contributed by atoms with E-state index in [0.717, 1.165) is 18.7 Å². The summed E-state index contributed by atoms with van der Waals surface area (Å²) in [5.74, 6) is 0.533. The summed E-state index contributed by atoms with van der Waals surface area (Å²) < 4.78 is 12.6. The van der Waals surface area contributed by atoms with Crippen LogP contribution in [-0.2, 0) is 6.54 Å². The first-order chi connectivity index (χ1) is 6.72. The van der Waals surface area contributed by atoms with Crippen molar-refractivity contribution < 1.29 is 4.39 Å². The fraction of sp³-hybridized carbons (Fsp3) is 0.500. The van der Waals surface area contributed by atoms with E-state index in [1.165, 1.54) is 18.6 Å². The molecule has 0 aliphatic carbocycles. The van der Waals surface area contributed by atoms with Crippen LogP contribution >= 0.6 is 0 Å². The SMILES string of the molecule is CCC(C)CNCc1ccc(F)cc1. The highest BCUT2D eigenvalue weighted by Crippen LogP contribution is 2.03. The Balaban J connectivity index is 2.28. The van der Waals surface area contributed by atoms with Gasteiger partial charge in [0.25, 0.3) is 0 Å². The number of halogens is 1. The highest BCUT2D eigenvalue weighted by atomic mass is 19.1. The third-order valence-electron chi connectivity index (χ3n) is 2.43. The molecule has 1 aromatic carbocycles. The molecule has 0 spiro atoms. The van der Waals surface area contributed by atoms with Gasteiger partial charge in [-0.15, -0.1) is 0 Å². The van der Waals surface area contributed by atoms with Crippen LogP contribution in [0, 0.1) is 11.7 Å². The van der Waals surface area contributed by atoms with E-state index in [4.69, 9.17) is 0 Å². The standard InChI is InChI=1S/C12H18FN/c1-3-10(2)8-14-9-11-4-6-12(13)7-5-11/h4-7,10,14H,3,8-9H2,1-2H3. The Kier molecular flexibility index (Phi) is 4.60. The molecule has 1 N–H and O–H groups in total. The van der Waals surface area contributed by atoms with Gasteiger partial charge in [-0.25, -0.2) is 4.39 Å². The van der Waals surface area contributed by atoms with Gasteiger partial charge in [0.05, 0.1) is 0 Å². The van der Waals surface area contributed by atoms with Crippen molar-refractivity contribution in [2.75, 3.05) is 6.54 Å². The summed E-state index contributed by atoms with van der Waals surface area (Å²) in [5, 5.41) is 3.35. The summed E-state index contributed by atoms with van der Waals surface area (Å²) in [6.07, 6.45) is 1.19. The topological polar surface area (TPSA) is 12.0 Å². The quantitative estimate of drug-likeness (QED) is 0.761. The fourth-order valence-electron chi connectivity index (χ4n) is 1.21. The molecule has 14 heavy (non-hydrogen) atoms. The predicted molar refractivity (Wildman–Crippen MR) is 57.6 cm³/mol. The molecule has 0 fully saturated rings. The van der Waals surface area contributed by atoms with Gasteiger partial charge in [-0.3, -0.25) is 0 Å². The third kappa shape index (κ3) is 3.88. The zero-order chi connectivity index (χ0) is 10.4. The molecule has 0 amide bonds. The van der Waals surface area contributed by atoms with Crippen molar-refractivity contribution in [2.24, 2.45) is 5.92 Å². The van der Waals surface area contributed by atoms with E-state index < -0.39 is 0 Å². The smallest absolute Gasteiger partial charge is 0.123 e. The average molecular weight is 195 g/mol. The van der Waals surface area contributed by atoms with Gasteiger partial charge in [0, 0.05) is 6.54 Å². The van der Waals surface area contributed by atoms with E-state index in [0.29, 0.717) is 5.92 Å². The third-order valence-corrected chi connectivity index (χ3v) is 2.43. The van der Waals surface area contributed by atoms with Crippen molar-refractivity contribution in [1.29, 1.82) is 0 Å². The first-order valence-corrected chi connectivity index (χ1v) is 5.17. The fourth-order valence-corrected chi connectivity index (χ4v) is 1.21. The lowest BCUT2D eigenvalue weighted by molar-refractivity contribution is 0.499. The number of rotatable bonds is 5. The van der Waals surface area contributed by atoms with Crippen LogP contribution in [0.5, 0.6) is 0 Å². The van der Waals surface area contributed by atoms with Crippen LogP contribution in [0.4, 0.5) is 4.39 Å². The lowest BCUT2D eigenvalue weighted by Gasteiger charge is -2.09. The molecule has 0 radical (unpaired) electrons. The lowest BCUT2D eigenvalue weighted by atomic mass is 10.1. The van der Waals surface area contributed by atoms with Gasteiger partial charge in [-0.05, 0) is 30.2 Å². The molecule has 0 bridgehead atoms. The number of hydrogen-bond donors (Lipinski definition) is 1. The summed E-state index contributed by atoms with van der Waals surface area (Å²) in [5.41, 5.74) is 1.13. The molecule has 0 aliphatic heterocycles. The van der Waals surface area contributed by atoms with Gasteiger partial charge in [0.2, 0.25) is 0 Å². The second kappa shape index (κ2) is 5.76. The molecular formula is C12H18FN. The first kappa shape index (κ1) is 11.2. The highest BCUT2D eigenvalue weighted by Gasteiger charge is 1.98. The summed E-state index contributed by atoms with van der Waals surface area (Å²) >= 11 is 0. The van der Waals surface area contributed by atoms with Crippen LogP contribution < -0.4 is 5.32 Å². The molecule has 0 heterocycles. The van der Waals surface area contributed by atoms with Crippen LogP contribution in [-0.4, -0.2) is 6.54 Å². The summed E-state index contributed by atoms with van der Waals surface area (Å²) in [6.45, 7) is 6.25. The van der Waals surface area contributed by atoms with E-state index in [9.17, 15) is 4.39 Å². The van der Waals surface area contributed by atoms with E-state index in [1.54, 1.807) is 0 Å². The number of benzene rings is 1. The van der Waals surface area contributed by atoms with E-state index in [1.807, 2.05) is 12.1 Å². The molecule has 1 rings (SSSR count). The molecule has 1 nitrogen and oxygen atoms in total. The molecule has 78 valence electrons. The molecule has 0 aromatic heterocycles. The van der Waals surface area contributed by atoms with Crippen molar-refractivity contribution in [1.82, 2.24) is 5.32 Å². The van der Waals surface area contributed by atoms with Gasteiger partial charge < -0.3 is 5.32 Å². The van der Waals surface area contributed by atoms with Crippen molar-refractivity contribution in [3.8, 4) is 0 Å². The maximum Gasteiger partial charge on any atom is 0.123 e. The Bertz CT molecular complexity index is 256. The molecular weight excluding hydrogens is 177 g/mol. The molecule has 2 heteroatoms. The largest absolute Gasteiger partial charge is 0.312 e. The molecule has 0 saturated heterocycles. The second-order valence-electron chi connectivity index (χ2n) is 3.77. The Morgan fingerprint density at radius 3 is 2.50 bits per heavy atom. The van der Waals surface area contributed by atoms with Crippen LogP contribution in [0.3, 0.4) is 0 Å². The molecule has 1 atom stereocenters. The van der Waals surface area contributed by atoms with Crippen LogP contribution in [0.2, 0.25) is 0 Å². The minimum Gasteiger partial charge on any atom is -0.312 e. The minimum absolute atomic E-state index is 0.171. The summed E-state index contributed by atoms with van der Waals surface area (Å²) in [4.78, 5) is 0. The van der Waals surface area contributed by atoms with Crippen LogP contribution in [0.15, 0.2) is 24.3 Å². The molecule has 0 saturated carbocycles. The van der Waals surface area contributed by atoms with Gasteiger partial charge >= 0.3 is 0 Å². The second-order valence-corrected chi connectivity index (χ2v) is 3.77. The van der Waals surface area contributed by atoms with Crippen molar-refractivity contribution in [2.45, 2.75) is 26.8 Å². The van der Waals surface area contributed by atoms with E-state index >= 15 is 0 Å². The average Bonchev–Trinajstić information content (AvgIpc) is 2.21. The van der Waals surface area contributed by atoms with Crippen molar-refractivity contribution in [3.63, 3.8) is 0 Å². The van der Waals surface area contributed by atoms with Gasteiger partial charge in [0.15, 0.2) is 0 Å². The maximum absolute atomic E-state index is 12.6. The zero-order valence-electron chi connectivity index (χ0n) is 8.89. The van der Waals surface area contributed by atoms with E-state index in [-0.39, 0.29) is 5.82 Å². The first-order valence-electron chi connectivity index (χ1n) is 5.17. The van der Waals surface area contributed by atoms with Crippen LogP contribution in [0.1, 0.15) is 25.8 Å². The Labute approximate surface area is 85.3 Å². The summed E-state index contributed by atoms with van der Waals surface area (Å²) in [7, 11) is 0. The van der Waals surface area contributed by atoms with Gasteiger partial charge in [-0.1, -0.05) is 32.4 Å². The normalized spacial score (nSPS) is 12.8. The predicted octanol–water partition coefficient (Wildman–Crippen LogP) is 2.96. The molecule has 0 aliphatic rings. The number of nitrogens with one attached hydrogen (secondary N) is 1. The molecule has 1 aromatic rings. The Morgan fingerprint density at radius 1 is 1.29 bits per heavy atom. The Hall–Kier alpha value is -0.890. The van der Waals surface area contributed by atoms with Crippen molar-refractivity contribution in [3.05, 3.63) is 35.6 Å². The Morgan fingerprint density at radius 2 is 1.93 bits per heavy atom. The monoisotopic (exact) mass is 195 g/mol. The highest BCUT2D eigenvalue weighted by molar-refractivity contribution is 5.15. The number of hydrogen-bond acceptors (Lipinski definition) is 1. The van der Waals surface area contributed by atoms with E-state index in [2.05, 4.69) is 19.2 Å². The maximum atomic E-state index is 12.6. The lowest BCUT2D eigenvalue weighted by Crippen LogP contribution is -2.20. The van der Waals surface area contributed by atoms with Crippen molar-refractivity contribution >= 4 is 0 Å². The summed E-state index contributed by atoms with van der Waals surface area (Å²) in [6, 6.07) is 6.64. The molecule has 1 unspecified atom stereocenters. The van der Waals surface area contributed by atoms with Crippen LogP contribution in [0.25, 0.3) is 0 Å². The minimum atomic E-state index is -0.171. The zero-order valence-corrected chi connectivity index (χ0v) is 8.89. The van der Waals surface area contributed by atoms with Gasteiger partial charge in [0.1, 0.15) is 5.82 Å². The van der Waals surface area contributed by atoms with Gasteiger partial charge in [-0.2, -0.15) is 0 Å².